The van der Waals surface area contributed by atoms with E-state index in [4.69, 9.17) is 0 Å². The van der Waals surface area contributed by atoms with Gasteiger partial charge in [-0.3, -0.25) is 4.79 Å². The Hall–Kier alpha value is -1.63. The third-order valence-electron chi connectivity index (χ3n) is 3.90. The van der Waals surface area contributed by atoms with Crippen LogP contribution in [0.25, 0.3) is 5.78 Å². The molecule has 0 unspecified atom stereocenters. The van der Waals surface area contributed by atoms with Gasteiger partial charge >= 0.3 is 0 Å². The highest BCUT2D eigenvalue weighted by Gasteiger charge is 2.17. The fraction of sp³-hybridized carbons (Fsp3) is 0.600. The number of thioether (sulfide) groups is 1. The molecule has 6 nitrogen and oxygen atoms in total. The summed E-state index contributed by atoms with van der Waals surface area (Å²) in [4.78, 5) is 21.1. The molecule has 0 saturated heterocycles. The van der Waals surface area contributed by atoms with Gasteiger partial charge in [-0.1, -0.05) is 25.6 Å². The standard InChI is InChI=1S/C15H23N5OS/c1-6-11(7-2)17-13(21)8-12-9(3)16-14-18-15(22-5)19-20(14)10(12)4/h11H,6-8H2,1-5H3,(H,17,21). The fourth-order valence-corrected chi connectivity index (χ4v) is 2.80. The van der Waals surface area contributed by atoms with Gasteiger partial charge in [0.15, 0.2) is 0 Å². The number of carbonyl (C=O) groups is 1. The van der Waals surface area contributed by atoms with Crippen LogP contribution in [0.3, 0.4) is 0 Å². The van der Waals surface area contributed by atoms with Gasteiger partial charge in [-0.05, 0) is 32.9 Å². The number of nitrogens with one attached hydrogen (secondary N) is 1. The lowest BCUT2D eigenvalue weighted by atomic mass is 10.1. The Kier molecular flexibility index (Phi) is 5.39. The smallest absolute Gasteiger partial charge is 0.253 e. The molecule has 0 radical (unpaired) electrons. The molecule has 2 rings (SSSR count). The molecule has 0 aliphatic heterocycles. The topological polar surface area (TPSA) is 72.2 Å². The van der Waals surface area contributed by atoms with Crippen molar-refractivity contribution >= 4 is 23.4 Å². The number of nitrogens with zero attached hydrogens (tertiary/aromatic N) is 4. The minimum absolute atomic E-state index is 0.0336. The molecule has 2 aromatic heterocycles. The summed E-state index contributed by atoms with van der Waals surface area (Å²) >= 11 is 1.48. The summed E-state index contributed by atoms with van der Waals surface area (Å²) in [6.45, 7) is 8.04. The quantitative estimate of drug-likeness (QED) is 0.827. The Morgan fingerprint density at radius 2 is 1.95 bits per heavy atom. The lowest BCUT2D eigenvalue weighted by molar-refractivity contribution is -0.121. The number of rotatable bonds is 6. The monoisotopic (exact) mass is 321 g/mol. The van der Waals surface area contributed by atoms with Gasteiger partial charge in [-0.2, -0.15) is 4.98 Å². The zero-order valence-electron chi connectivity index (χ0n) is 13.8. The van der Waals surface area contributed by atoms with Gasteiger partial charge in [0.05, 0.1) is 6.42 Å². The Balaban J connectivity index is 2.29. The normalized spacial score (nSPS) is 11.4. The van der Waals surface area contributed by atoms with Crippen LogP contribution >= 0.6 is 11.8 Å². The van der Waals surface area contributed by atoms with Crippen LogP contribution in [-0.2, 0) is 11.2 Å². The molecule has 0 aliphatic rings. The SMILES string of the molecule is CCC(CC)NC(=O)Cc1c(C)nc2nc(SC)nn2c1C. The van der Waals surface area contributed by atoms with E-state index in [9.17, 15) is 4.79 Å². The third kappa shape index (κ3) is 3.40. The van der Waals surface area contributed by atoms with E-state index in [0.29, 0.717) is 17.4 Å². The maximum atomic E-state index is 12.3. The predicted octanol–water partition coefficient (Wildman–Crippen LogP) is 2.31. The van der Waals surface area contributed by atoms with E-state index in [0.717, 1.165) is 29.8 Å². The highest BCUT2D eigenvalue weighted by molar-refractivity contribution is 7.98. The molecule has 7 heteroatoms. The van der Waals surface area contributed by atoms with Crippen LogP contribution < -0.4 is 5.32 Å². The number of aromatic nitrogens is 4. The number of hydrogen-bond acceptors (Lipinski definition) is 5. The molecular formula is C15H23N5OS. The van der Waals surface area contributed by atoms with Crippen molar-refractivity contribution in [1.82, 2.24) is 24.9 Å². The van der Waals surface area contributed by atoms with Crippen LogP contribution in [0.5, 0.6) is 0 Å². The first-order chi connectivity index (χ1) is 10.5. The van der Waals surface area contributed by atoms with Crippen LogP contribution in [0.4, 0.5) is 0 Å². The van der Waals surface area contributed by atoms with E-state index in [1.165, 1.54) is 11.8 Å². The second-order valence-corrected chi connectivity index (χ2v) is 6.10. The van der Waals surface area contributed by atoms with Crippen molar-refractivity contribution in [2.45, 2.75) is 58.2 Å². The average molecular weight is 321 g/mol. The highest BCUT2D eigenvalue weighted by atomic mass is 32.2. The van der Waals surface area contributed by atoms with Crippen LogP contribution in [0.1, 0.15) is 43.6 Å². The maximum absolute atomic E-state index is 12.3. The van der Waals surface area contributed by atoms with Gasteiger partial charge in [0.25, 0.3) is 5.78 Å². The predicted molar refractivity (Wildman–Crippen MR) is 88.3 cm³/mol. The van der Waals surface area contributed by atoms with E-state index in [1.54, 1.807) is 4.52 Å². The molecule has 1 amide bonds. The molecule has 1 N–H and O–H groups in total. The number of amides is 1. The van der Waals surface area contributed by atoms with Gasteiger partial charge in [0, 0.05) is 23.0 Å². The molecule has 0 aromatic carbocycles. The number of carbonyl (C=O) groups excluding carboxylic acids is 1. The summed E-state index contributed by atoms with van der Waals surface area (Å²) in [7, 11) is 0. The average Bonchev–Trinajstić information content (AvgIpc) is 2.92. The zero-order valence-corrected chi connectivity index (χ0v) is 14.6. The van der Waals surface area contributed by atoms with Crippen LogP contribution in [0.2, 0.25) is 0 Å². The molecule has 2 heterocycles. The van der Waals surface area contributed by atoms with Gasteiger partial charge < -0.3 is 5.32 Å². The fourth-order valence-electron chi connectivity index (χ4n) is 2.46. The van der Waals surface area contributed by atoms with Gasteiger partial charge in [-0.25, -0.2) is 9.50 Å². The Labute approximate surface area is 135 Å². The van der Waals surface area contributed by atoms with Crippen LogP contribution in [0.15, 0.2) is 5.16 Å². The minimum atomic E-state index is 0.0336. The van der Waals surface area contributed by atoms with Crippen molar-refractivity contribution in [2.75, 3.05) is 6.26 Å². The van der Waals surface area contributed by atoms with Gasteiger partial charge in [-0.15, -0.1) is 5.10 Å². The first-order valence-electron chi connectivity index (χ1n) is 7.56. The summed E-state index contributed by atoms with van der Waals surface area (Å²) in [6, 6.07) is 0.235. The van der Waals surface area contributed by atoms with E-state index in [2.05, 4.69) is 34.2 Å². The van der Waals surface area contributed by atoms with E-state index in [-0.39, 0.29) is 11.9 Å². The molecular weight excluding hydrogens is 298 g/mol. The summed E-state index contributed by atoms with van der Waals surface area (Å²) in [5.74, 6) is 0.620. The first kappa shape index (κ1) is 16.7. The van der Waals surface area contributed by atoms with Crippen molar-refractivity contribution in [3.05, 3.63) is 17.0 Å². The number of fused-ring (bicyclic) bond motifs is 1. The molecule has 22 heavy (non-hydrogen) atoms. The Morgan fingerprint density at radius 3 is 2.55 bits per heavy atom. The Bertz CT molecular complexity index is 678. The lowest BCUT2D eigenvalue weighted by Gasteiger charge is -2.16. The summed E-state index contributed by atoms with van der Waals surface area (Å²) < 4.78 is 1.72. The summed E-state index contributed by atoms with van der Waals surface area (Å²) in [5.41, 5.74) is 2.69. The molecule has 0 spiro atoms. The van der Waals surface area contributed by atoms with Crippen molar-refractivity contribution in [1.29, 1.82) is 0 Å². The van der Waals surface area contributed by atoms with E-state index < -0.39 is 0 Å². The first-order valence-corrected chi connectivity index (χ1v) is 8.78. The zero-order chi connectivity index (χ0) is 16.3. The van der Waals surface area contributed by atoms with E-state index in [1.807, 2.05) is 20.1 Å². The van der Waals surface area contributed by atoms with Gasteiger partial charge in [0.1, 0.15) is 0 Å². The van der Waals surface area contributed by atoms with Crippen molar-refractivity contribution in [3.8, 4) is 0 Å². The van der Waals surface area contributed by atoms with Crippen molar-refractivity contribution < 1.29 is 4.79 Å². The molecule has 0 atom stereocenters. The van der Waals surface area contributed by atoms with Crippen molar-refractivity contribution in [2.24, 2.45) is 0 Å². The molecule has 0 fully saturated rings. The van der Waals surface area contributed by atoms with Crippen LogP contribution in [-0.4, -0.2) is 37.8 Å². The van der Waals surface area contributed by atoms with Gasteiger partial charge in [0.2, 0.25) is 11.1 Å². The molecule has 2 aromatic rings. The highest BCUT2D eigenvalue weighted by Crippen LogP contribution is 2.17. The minimum Gasteiger partial charge on any atom is -0.353 e. The number of hydrogen-bond donors (Lipinski definition) is 1. The van der Waals surface area contributed by atoms with Crippen molar-refractivity contribution in [3.63, 3.8) is 0 Å². The Morgan fingerprint density at radius 1 is 1.27 bits per heavy atom. The third-order valence-corrected chi connectivity index (χ3v) is 4.44. The molecule has 0 aliphatic carbocycles. The second kappa shape index (κ2) is 7.09. The summed E-state index contributed by atoms with van der Waals surface area (Å²) in [6.07, 6.45) is 4.14. The van der Waals surface area contributed by atoms with Crippen LogP contribution in [0, 0.1) is 13.8 Å². The maximum Gasteiger partial charge on any atom is 0.253 e. The summed E-state index contributed by atoms with van der Waals surface area (Å²) in [5, 5.41) is 8.16. The number of aryl methyl sites for hydroxylation is 2. The molecule has 0 bridgehead atoms. The largest absolute Gasteiger partial charge is 0.353 e. The molecule has 0 saturated carbocycles. The molecule has 120 valence electrons. The van der Waals surface area contributed by atoms with E-state index >= 15 is 0 Å². The second-order valence-electron chi connectivity index (χ2n) is 5.33. The lowest BCUT2D eigenvalue weighted by Crippen LogP contribution is -2.35.